The predicted octanol–water partition coefficient (Wildman–Crippen LogP) is 0.834. The average Bonchev–Trinajstić information content (AvgIpc) is 3.17. The van der Waals surface area contributed by atoms with Crippen LogP contribution in [0, 0.1) is 0 Å². The van der Waals surface area contributed by atoms with E-state index in [1.54, 1.807) is 4.90 Å². The van der Waals surface area contributed by atoms with Crippen LogP contribution < -0.4 is 4.74 Å². The van der Waals surface area contributed by atoms with E-state index in [4.69, 9.17) is 18.9 Å². The second-order valence-corrected chi connectivity index (χ2v) is 6.03. The van der Waals surface area contributed by atoms with Gasteiger partial charge in [0.25, 0.3) is 10.4 Å². The summed E-state index contributed by atoms with van der Waals surface area (Å²) < 4.78 is 25.1. The Kier molecular flexibility index (Phi) is 5.25. The van der Waals surface area contributed by atoms with Crippen LogP contribution >= 0.6 is 23.3 Å². The Hall–Kier alpha value is -0.940. The molecule has 116 valence electrons. The molecule has 1 aromatic heterocycles. The van der Waals surface area contributed by atoms with Gasteiger partial charge >= 0.3 is 0 Å². The predicted molar refractivity (Wildman–Crippen MR) is 74.7 cm³/mol. The maximum absolute atomic E-state index is 12.0. The molecular formula is C11H15N3O5S2. The number of morpholine rings is 1. The van der Waals surface area contributed by atoms with E-state index in [0.717, 1.165) is 23.3 Å². The number of amides is 1. The zero-order chi connectivity index (χ0) is 14.5. The third kappa shape index (κ3) is 4.27. The fourth-order valence-corrected chi connectivity index (χ4v) is 3.18. The lowest BCUT2D eigenvalue weighted by Gasteiger charge is -2.25. The Morgan fingerprint density at radius 3 is 3.05 bits per heavy atom. The summed E-state index contributed by atoms with van der Waals surface area (Å²) in [5.74, 6) is 0. The van der Waals surface area contributed by atoms with Crippen LogP contribution in [-0.2, 0) is 14.2 Å². The lowest BCUT2D eigenvalue weighted by Crippen LogP contribution is -2.38. The smallest absolute Gasteiger partial charge is 0.294 e. The van der Waals surface area contributed by atoms with Crippen molar-refractivity contribution in [3.05, 3.63) is 0 Å². The van der Waals surface area contributed by atoms with Gasteiger partial charge in [0.15, 0.2) is 0 Å². The first kappa shape index (κ1) is 15.0. The van der Waals surface area contributed by atoms with Gasteiger partial charge in [-0.3, -0.25) is 4.79 Å². The minimum absolute atomic E-state index is 0.0600. The molecule has 1 amide bonds. The molecule has 0 aliphatic carbocycles. The molecule has 1 atom stereocenters. The minimum atomic E-state index is -0.0695. The zero-order valence-corrected chi connectivity index (χ0v) is 12.9. The highest BCUT2D eigenvalue weighted by Crippen LogP contribution is 2.24. The molecule has 1 aromatic rings. The minimum Gasteiger partial charge on any atom is -0.466 e. The van der Waals surface area contributed by atoms with Crippen LogP contribution in [0.4, 0.5) is 4.79 Å². The number of aromatic nitrogens is 2. The summed E-state index contributed by atoms with van der Waals surface area (Å²) in [4.78, 5) is 17.9. The Morgan fingerprint density at radius 2 is 2.29 bits per heavy atom. The molecule has 0 aromatic carbocycles. The second kappa shape index (κ2) is 7.36. The van der Waals surface area contributed by atoms with E-state index in [1.165, 1.54) is 0 Å². The first-order valence-electron chi connectivity index (χ1n) is 6.51. The first-order valence-corrected chi connectivity index (χ1v) is 8.10. The highest BCUT2D eigenvalue weighted by atomic mass is 32.2. The Morgan fingerprint density at radius 1 is 1.43 bits per heavy atom. The number of nitrogens with zero attached hydrogens (tertiary/aromatic N) is 3. The molecule has 0 saturated carbocycles. The quantitative estimate of drug-likeness (QED) is 0.750. The van der Waals surface area contributed by atoms with E-state index in [1.807, 2.05) is 0 Å². The van der Waals surface area contributed by atoms with Crippen molar-refractivity contribution in [2.24, 2.45) is 0 Å². The summed E-state index contributed by atoms with van der Waals surface area (Å²) in [6.07, 6.45) is -0.0695. The van der Waals surface area contributed by atoms with Gasteiger partial charge in [-0.05, 0) is 0 Å². The summed E-state index contributed by atoms with van der Waals surface area (Å²) in [5, 5.41) is 0.785. The molecular weight excluding hydrogens is 318 g/mol. The van der Waals surface area contributed by atoms with E-state index in [2.05, 4.69) is 9.36 Å². The number of ether oxygens (including phenoxy) is 4. The van der Waals surface area contributed by atoms with Gasteiger partial charge in [-0.25, -0.2) is 0 Å². The molecule has 8 nitrogen and oxygen atoms in total. The van der Waals surface area contributed by atoms with Gasteiger partial charge in [0.05, 0.1) is 19.8 Å². The van der Waals surface area contributed by atoms with Crippen molar-refractivity contribution in [1.82, 2.24) is 14.3 Å². The van der Waals surface area contributed by atoms with E-state index in [0.29, 0.717) is 56.7 Å². The largest absolute Gasteiger partial charge is 0.466 e. The van der Waals surface area contributed by atoms with Crippen LogP contribution in [-0.4, -0.2) is 71.9 Å². The van der Waals surface area contributed by atoms with E-state index in [9.17, 15) is 4.79 Å². The van der Waals surface area contributed by atoms with Crippen LogP contribution in [0.3, 0.4) is 0 Å². The summed E-state index contributed by atoms with van der Waals surface area (Å²) in [6, 6.07) is 0. The maximum atomic E-state index is 12.0. The molecule has 0 N–H and O–H groups in total. The second-order valence-electron chi connectivity index (χ2n) is 4.40. The third-order valence-corrected chi connectivity index (χ3v) is 4.46. The van der Waals surface area contributed by atoms with Crippen molar-refractivity contribution in [3.8, 4) is 5.19 Å². The Bertz CT molecular complexity index is 474. The zero-order valence-electron chi connectivity index (χ0n) is 11.2. The molecule has 3 rings (SSSR count). The van der Waals surface area contributed by atoms with Gasteiger partial charge in [-0.15, -0.1) is 0 Å². The van der Waals surface area contributed by atoms with Crippen LogP contribution in [0.1, 0.15) is 0 Å². The molecule has 21 heavy (non-hydrogen) atoms. The molecule has 10 heteroatoms. The van der Waals surface area contributed by atoms with Crippen LogP contribution in [0.5, 0.6) is 5.19 Å². The Balaban J connectivity index is 1.46. The van der Waals surface area contributed by atoms with Gasteiger partial charge in [0.2, 0.25) is 5.16 Å². The third-order valence-electron chi connectivity index (χ3n) is 2.92. The number of rotatable bonds is 4. The van der Waals surface area contributed by atoms with Crippen molar-refractivity contribution in [2.45, 2.75) is 11.3 Å². The van der Waals surface area contributed by atoms with Crippen molar-refractivity contribution in [2.75, 3.05) is 46.3 Å². The standard InChI is InChI=1S/C11H15N3O5S2/c15-11(14-1-3-16-4-2-14)20-9-12-10(21-13-9)18-6-8-5-17-7-19-8/h8H,1-7H2. The van der Waals surface area contributed by atoms with E-state index in [-0.39, 0.29) is 11.3 Å². The number of carbonyl (C=O) groups excluding carboxylic acids is 1. The number of hydrogen-bond donors (Lipinski definition) is 0. The van der Waals surface area contributed by atoms with Crippen molar-refractivity contribution in [1.29, 1.82) is 0 Å². The van der Waals surface area contributed by atoms with Gasteiger partial charge in [0, 0.05) is 36.4 Å². The van der Waals surface area contributed by atoms with Crippen molar-refractivity contribution < 1.29 is 23.7 Å². The number of hydrogen-bond acceptors (Lipinski definition) is 9. The molecule has 2 aliphatic rings. The fraction of sp³-hybridized carbons (Fsp3) is 0.727. The molecule has 0 bridgehead atoms. The van der Waals surface area contributed by atoms with Gasteiger partial charge in [-0.2, -0.15) is 9.36 Å². The molecule has 0 spiro atoms. The topological polar surface area (TPSA) is 83.0 Å². The fourth-order valence-electron chi connectivity index (χ4n) is 1.82. The first-order chi connectivity index (χ1) is 10.3. The lowest BCUT2D eigenvalue weighted by atomic mass is 10.4. The molecule has 3 heterocycles. The van der Waals surface area contributed by atoms with Crippen LogP contribution in [0.15, 0.2) is 5.16 Å². The molecule has 1 unspecified atom stereocenters. The average molecular weight is 333 g/mol. The normalized spacial score (nSPS) is 22.5. The van der Waals surface area contributed by atoms with Gasteiger partial charge in [-0.1, -0.05) is 0 Å². The molecule has 0 radical (unpaired) electrons. The van der Waals surface area contributed by atoms with E-state index < -0.39 is 0 Å². The van der Waals surface area contributed by atoms with Crippen molar-refractivity contribution >= 4 is 28.5 Å². The van der Waals surface area contributed by atoms with E-state index >= 15 is 0 Å². The molecule has 2 fully saturated rings. The highest BCUT2D eigenvalue weighted by Gasteiger charge is 2.21. The van der Waals surface area contributed by atoms with Gasteiger partial charge < -0.3 is 23.8 Å². The van der Waals surface area contributed by atoms with Gasteiger partial charge in [0.1, 0.15) is 19.5 Å². The lowest BCUT2D eigenvalue weighted by molar-refractivity contribution is 0.0319. The van der Waals surface area contributed by atoms with Crippen LogP contribution in [0.25, 0.3) is 0 Å². The monoisotopic (exact) mass is 333 g/mol. The molecule has 2 aliphatic heterocycles. The summed E-state index contributed by atoms with van der Waals surface area (Å²) in [7, 11) is 0. The van der Waals surface area contributed by atoms with Crippen molar-refractivity contribution in [3.63, 3.8) is 0 Å². The SMILES string of the molecule is O=C(Sc1nsc(OCC2COCO2)n1)N1CCOCC1. The summed E-state index contributed by atoms with van der Waals surface area (Å²) in [5.41, 5.74) is 0. The number of carbonyl (C=O) groups is 1. The van der Waals surface area contributed by atoms with Crippen LogP contribution in [0.2, 0.25) is 0 Å². The highest BCUT2D eigenvalue weighted by molar-refractivity contribution is 8.13. The summed E-state index contributed by atoms with van der Waals surface area (Å²) in [6.45, 7) is 3.58. The molecule has 2 saturated heterocycles. The Labute approximate surface area is 129 Å². The summed E-state index contributed by atoms with van der Waals surface area (Å²) >= 11 is 2.14. The maximum Gasteiger partial charge on any atom is 0.294 e. The number of thioether (sulfide) groups is 1.